The van der Waals surface area contributed by atoms with Gasteiger partial charge in [0.2, 0.25) is 0 Å². The number of aliphatic hydroxyl groups is 1. The average Bonchev–Trinajstić information content (AvgIpc) is 2.94. The zero-order valence-corrected chi connectivity index (χ0v) is 12.2. The van der Waals surface area contributed by atoms with Crippen molar-refractivity contribution >= 4 is 0 Å². The smallest absolute Gasteiger partial charge is 0.0942 e. The third-order valence-corrected chi connectivity index (χ3v) is 4.27. The summed E-state index contributed by atoms with van der Waals surface area (Å²) in [4.78, 5) is 2.31. The molecule has 0 aliphatic carbocycles. The Hall–Kier alpha value is -0.900. The van der Waals surface area contributed by atoms with E-state index in [1.54, 1.807) is 7.11 Å². The molecule has 106 valence electrons. The van der Waals surface area contributed by atoms with Crippen LogP contribution in [0.3, 0.4) is 0 Å². The van der Waals surface area contributed by atoms with E-state index in [1.807, 2.05) is 12.1 Å². The molecule has 1 fully saturated rings. The van der Waals surface area contributed by atoms with Crippen LogP contribution in [0.1, 0.15) is 37.5 Å². The van der Waals surface area contributed by atoms with Gasteiger partial charge < -0.3 is 9.84 Å². The summed E-state index contributed by atoms with van der Waals surface area (Å²) in [6, 6.07) is 8.43. The van der Waals surface area contributed by atoms with E-state index in [0.717, 1.165) is 31.5 Å². The Morgan fingerprint density at radius 2 is 2.05 bits per heavy atom. The fourth-order valence-electron chi connectivity index (χ4n) is 2.74. The highest BCUT2D eigenvalue weighted by Crippen LogP contribution is 2.25. The molecule has 19 heavy (non-hydrogen) atoms. The zero-order chi connectivity index (χ0) is 13.8. The summed E-state index contributed by atoms with van der Waals surface area (Å²) in [6.07, 6.45) is 1.98. The van der Waals surface area contributed by atoms with Gasteiger partial charge in [-0.3, -0.25) is 4.90 Å². The van der Waals surface area contributed by atoms with Gasteiger partial charge in [0.1, 0.15) is 0 Å². The molecule has 1 saturated heterocycles. The van der Waals surface area contributed by atoms with E-state index in [9.17, 15) is 5.11 Å². The van der Waals surface area contributed by atoms with Crippen molar-refractivity contribution in [1.82, 2.24) is 4.90 Å². The van der Waals surface area contributed by atoms with Gasteiger partial charge in [-0.25, -0.2) is 0 Å². The number of aliphatic hydroxyl groups excluding tert-OH is 1. The van der Waals surface area contributed by atoms with Crippen molar-refractivity contribution < 1.29 is 9.84 Å². The summed E-state index contributed by atoms with van der Waals surface area (Å²) in [5.74, 6) is 0. The standard InChI is InChI=1S/C16H25NO2/c1-4-13-5-7-14(8-6-13)16(18)12(2)17-10-9-15(11-17)19-3/h5-8,12,15-16,18H,4,9-11H2,1-3H3. The first-order valence-corrected chi connectivity index (χ1v) is 7.19. The second kappa shape index (κ2) is 6.51. The minimum absolute atomic E-state index is 0.132. The first-order valence-electron chi connectivity index (χ1n) is 7.19. The van der Waals surface area contributed by atoms with Crippen LogP contribution in [-0.2, 0) is 11.2 Å². The summed E-state index contributed by atoms with van der Waals surface area (Å²) >= 11 is 0. The molecule has 1 aromatic carbocycles. The highest BCUT2D eigenvalue weighted by Gasteiger charge is 2.30. The van der Waals surface area contributed by atoms with Crippen LogP contribution in [0.4, 0.5) is 0 Å². The molecule has 1 heterocycles. The maximum Gasteiger partial charge on any atom is 0.0942 e. The van der Waals surface area contributed by atoms with Gasteiger partial charge in [0.15, 0.2) is 0 Å². The SMILES string of the molecule is CCc1ccc(C(O)C(C)N2CCC(OC)C2)cc1. The molecule has 1 aliphatic rings. The summed E-state index contributed by atoms with van der Waals surface area (Å²) < 4.78 is 5.38. The predicted octanol–water partition coefficient (Wildman–Crippen LogP) is 2.39. The number of hydrogen-bond acceptors (Lipinski definition) is 3. The molecule has 3 nitrogen and oxygen atoms in total. The first kappa shape index (κ1) is 14.5. The molecule has 0 amide bonds. The van der Waals surface area contributed by atoms with Crippen molar-refractivity contribution in [2.45, 2.75) is 44.9 Å². The zero-order valence-electron chi connectivity index (χ0n) is 12.2. The van der Waals surface area contributed by atoms with Crippen molar-refractivity contribution in [3.8, 4) is 0 Å². The molecule has 3 unspecified atom stereocenters. The minimum atomic E-state index is -0.429. The van der Waals surface area contributed by atoms with Gasteiger partial charge in [-0.1, -0.05) is 31.2 Å². The van der Waals surface area contributed by atoms with E-state index >= 15 is 0 Å². The monoisotopic (exact) mass is 263 g/mol. The summed E-state index contributed by atoms with van der Waals surface area (Å²) in [6.45, 7) is 6.16. The third kappa shape index (κ3) is 3.35. The molecule has 1 N–H and O–H groups in total. The molecular formula is C16H25NO2. The number of benzene rings is 1. The molecule has 2 rings (SSSR count). The quantitative estimate of drug-likeness (QED) is 0.885. The maximum atomic E-state index is 10.5. The molecule has 1 aromatic rings. The van der Waals surface area contributed by atoms with Crippen LogP contribution in [0.15, 0.2) is 24.3 Å². The van der Waals surface area contributed by atoms with Crippen LogP contribution in [0.5, 0.6) is 0 Å². The Bertz CT molecular complexity index is 390. The van der Waals surface area contributed by atoms with E-state index < -0.39 is 6.10 Å². The van der Waals surface area contributed by atoms with E-state index in [-0.39, 0.29) is 6.04 Å². The second-order valence-corrected chi connectivity index (χ2v) is 5.42. The minimum Gasteiger partial charge on any atom is -0.387 e. The van der Waals surface area contributed by atoms with Crippen LogP contribution in [-0.4, -0.2) is 42.4 Å². The number of methoxy groups -OCH3 is 1. The van der Waals surface area contributed by atoms with Gasteiger partial charge in [0.05, 0.1) is 12.2 Å². The maximum absolute atomic E-state index is 10.5. The van der Waals surface area contributed by atoms with Crippen LogP contribution in [0.2, 0.25) is 0 Å². The summed E-state index contributed by atoms with van der Waals surface area (Å²) in [5, 5.41) is 10.5. The van der Waals surface area contributed by atoms with Crippen LogP contribution >= 0.6 is 0 Å². The molecule has 1 aliphatic heterocycles. The number of likely N-dealkylation sites (tertiary alicyclic amines) is 1. The fraction of sp³-hybridized carbons (Fsp3) is 0.625. The Kier molecular flexibility index (Phi) is 4.97. The number of hydrogen-bond donors (Lipinski definition) is 1. The van der Waals surface area contributed by atoms with Crippen LogP contribution in [0, 0.1) is 0 Å². The molecule has 0 aromatic heterocycles. The molecule has 0 saturated carbocycles. The predicted molar refractivity (Wildman–Crippen MR) is 77.2 cm³/mol. The highest BCUT2D eigenvalue weighted by molar-refractivity contribution is 5.25. The number of rotatable bonds is 5. The molecular weight excluding hydrogens is 238 g/mol. The Labute approximate surface area is 116 Å². The van der Waals surface area contributed by atoms with Gasteiger partial charge in [-0.15, -0.1) is 0 Å². The average molecular weight is 263 g/mol. The molecule has 0 radical (unpaired) electrons. The van der Waals surface area contributed by atoms with E-state index in [2.05, 4.69) is 30.9 Å². The van der Waals surface area contributed by atoms with E-state index in [4.69, 9.17) is 4.74 Å². The second-order valence-electron chi connectivity index (χ2n) is 5.42. The lowest BCUT2D eigenvalue weighted by Gasteiger charge is -2.28. The van der Waals surface area contributed by atoms with Crippen molar-refractivity contribution in [1.29, 1.82) is 0 Å². The lowest BCUT2D eigenvalue weighted by Crippen LogP contribution is -2.36. The van der Waals surface area contributed by atoms with Gasteiger partial charge in [0, 0.05) is 26.2 Å². The summed E-state index contributed by atoms with van der Waals surface area (Å²) in [7, 11) is 1.76. The van der Waals surface area contributed by atoms with E-state index in [0.29, 0.717) is 6.10 Å². The van der Waals surface area contributed by atoms with Crippen molar-refractivity contribution in [3.63, 3.8) is 0 Å². The van der Waals surface area contributed by atoms with Crippen LogP contribution < -0.4 is 0 Å². The molecule has 0 spiro atoms. The lowest BCUT2D eigenvalue weighted by molar-refractivity contribution is 0.0539. The van der Waals surface area contributed by atoms with Gasteiger partial charge >= 0.3 is 0 Å². The van der Waals surface area contributed by atoms with Gasteiger partial charge in [0.25, 0.3) is 0 Å². The first-order chi connectivity index (χ1) is 9.15. The van der Waals surface area contributed by atoms with Crippen molar-refractivity contribution in [2.24, 2.45) is 0 Å². The van der Waals surface area contributed by atoms with Crippen LogP contribution in [0.25, 0.3) is 0 Å². The Morgan fingerprint density at radius 3 is 2.58 bits per heavy atom. The highest BCUT2D eigenvalue weighted by atomic mass is 16.5. The Morgan fingerprint density at radius 1 is 1.37 bits per heavy atom. The van der Waals surface area contributed by atoms with Crippen molar-refractivity contribution in [2.75, 3.05) is 20.2 Å². The third-order valence-electron chi connectivity index (χ3n) is 4.27. The van der Waals surface area contributed by atoms with Gasteiger partial charge in [-0.05, 0) is 30.9 Å². The van der Waals surface area contributed by atoms with E-state index in [1.165, 1.54) is 5.56 Å². The number of nitrogens with zero attached hydrogens (tertiary/aromatic N) is 1. The summed E-state index contributed by atoms with van der Waals surface area (Å²) in [5.41, 5.74) is 2.31. The largest absolute Gasteiger partial charge is 0.387 e. The van der Waals surface area contributed by atoms with Gasteiger partial charge in [-0.2, -0.15) is 0 Å². The lowest BCUT2D eigenvalue weighted by atomic mass is 10.0. The topological polar surface area (TPSA) is 32.7 Å². The molecule has 3 atom stereocenters. The number of aryl methyl sites for hydroxylation is 1. The number of ether oxygens (including phenoxy) is 1. The fourth-order valence-corrected chi connectivity index (χ4v) is 2.74. The van der Waals surface area contributed by atoms with Crippen molar-refractivity contribution in [3.05, 3.63) is 35.4 Å². The molecule has 0 bridgehead atoms. The Balaban J connectivity index is 1.99. The molecule has 3 heteroatoms. The normalized spacial score (nSPS) is 23.5.